The predicted molar refractivity (Wildman–Crippen MR) is 75.7 cm³/mol. The SMILES string of the molecule is CCN1CCCC1CNC(=O)c1cc(O)ccc1Cl. The first kappa shape index (κ1) is 14.2. The number of hydrogen-bond donors (Lipinski definition) is 2. The quantitative estimate of drug-likeness (QED) is 0.891. The number of likely N-dealkylation sites (N-methyl/N-ethyl adjacent to an activating group) is 1. The molecule has 0 radical (unpaired) electrons. The lowest BCUT2D eigenvalue weighted by Gasteiger charge is -2.22. The van der Waals surface area contributed by atoms with Crippen molar-refractivity contribution in [3.8, 4) is 5.75 Å². The highest BCUT2D eigenvalue weighted by Gasteiger charge is 2.23. The van der Waals surface area contributed by atoms with E-state index in [9.17, 15) is 9.90 Å². The number of halogens is 1. The summed E-state index contributed by atoms with van der Waals surface area (Å²) in [6.45, 7) is 4.86. The van der Waals surface area contributed by atoms with Gasteiger partial charge in [-0.25, -0.2) is 0 Å². The zero-order valence-electron chi connectivity index (χ0n) is 11.0. The highest BCUT2D eigenvalue weighted by atomic mass is 35.5. The molecule has 1 aliphatic rings. The molecule has 1 heterocycles. The Hall–Kier alpha value is -1.26. The Morgan fingerprint density at radius 1 is 1.58 bits per heavy atom. The van der Waals surface area contributed by atoms with Gasteiger partial charge in [0.2, 0.25) is 0 Å². The summed E-state index contributed by atoms with van der Waals surface area (Å²) in [6, 6.07) is 4.79. The third-order valence-corrected chi connectivity index (χ3v) is 3.93. The number of aromatic hydroxyl groups is 1. The maximum absolute atomic E-state index is 12.0. The van der Waals surface area contributed by atoms with E-state index in [2.05, 4.69) is 17.1 Å². The van der Waals surface area contributed by atoms with Crippen molar-refractivity contribution in [2.24, 2.45) is 0 Å². The highest BCUT2D eigenvalue weighted by Crippen LogP contribution is 2.21. The summed E-state index contributed by atoms with van der Waals surface area (Å²) in [5, 5.41) is 12.7. The van der Waals surface area contributed by atoms with Crippen molar-refractivity contribution in [2.75, 3.05) is 19.6 Å². The third-order valence-electron chi connectivity index (χ3n) is 3.60. The first-order chi connectivity index (χ1) is 9.11. The van der Waals surface area contributed by atoms with Crippen LogP contribution in [0.25, 0.3) is 0 Å². The van der Waals surface area contributed by atoms with E-state index in [1.54, 1.807) is 0 Å². The monoisotopic (exact) mass is 282 g/mol. The lowest BCUT2D eigenvalue weighted by atomic mass is 10.1. The van der Waals surface area contributed by atoms with Crippen molar-refractivity contribution >= 4 is 17.5 Å². The molecule has 1 atom stereocenters. The number of carbonyl (C=O) groups excluding carboxylic acids is 1. The van der Waals surface area contributed by atoms with Crippen LogP contribution in [-0.4, -0.2) is 41.6 Å². The second kappa shape index (κ2) is 6.26. The first-order valence-electron chi connectivity index (χ1n) is 6.62. The molecular formula is C14H19ClN2O2. The lowest BCUT2D eigenvalue weighted by molar-refractivity contribution is 0.0941. The van der Waals surface area contributed by atoms with Crippen LogP contribution < -0.4 is 5.32 Å². The number of likely N-dealkylation sites (tertiary alicyclic amines) is 1. The Balaban J connectivity index is 1.96. The number of amides is 1. The van der Waals surface area contributed by atoms with Gasteiger partial charge in [-0.2, -0.15) is 0 Å². The number of rotatable bonds is 4. The molecule has 0 aromatic heterocycles. The number of carbonyl (C=O) groups is 1. The van der Waals surface area contributed by atoms with Crippen molar-refractivity contribution < 1.29 is 9.90 Å². The van der Waals surface area contributed by atoms with Crippen LogP contribution in [0.5, 0.6) is 5.75 Å². The zero-order valence-corrected chi connectivity index (χ0v) is 11.8. The molecule has 1 unspecified atom stereocenters. The number of phenolic OH excluding ortho intramolecular Hbond substituents is 1. The largest absolute Gasteiger partial charge is 0.508 e. The maximum atomic E-state index is 12.0. The predicted octanol–water partition coefficient (Wildman–Crippen LogP) is 2.26. The molecule has 1 aliphatic heterocycles. The third kappa shape index (κ3) is 3.39. The molecule has 5 heteroatoms. The van der Waals surface area contributed by atoms with Crippen LogP contribution in [0, 0.1) is 0 Å². The summed E-state index contributed by atoms with van der Waals surface area (Å²) >= 11 is 5.96. The molecule has 0 aliphatic carbocycles. The minimum absolute atomic E-state index is 0.0469. The van der Waals surface area contributed by atoms with Crippen LogP contribution in [0.1, 0.15) is 30.1 Å². The van der Waals surface area contributed by atoms with Gasteiger partial charge in [0.15, 0.2) is 0 Å². The summed E-state index contributed by atoms with van der Waals surface area (Å²) in [4.78, 5) is 14.4. The molecule has 2 N–H and O–H groups in total. The Morgan fingerprint density at radius 3 is 3.11 bits per heavy atom. The molecular weight excluding hydrogens is 264 g/mol. The molecule has 1 aromatic rings. The lowest BCUT2D eigenvalue weighted by Crippen LogP contribution is -2.40. The van der Waals surface area contributed by atoms with Gasteiger partial charge in [-0.05, 0) is 44.1 Å². The van der Waals surface area contributed by atoms with Crippen LogP contribution in [0.4, 0.5) is 0 Å². The van der Waals surface area contributed by atoms with E-state index in [-0.39, 0.29) is 11.7 Å². The van der Waals surface area contributed by atoms with Gasteiger partial charge in [0.1, 0.15) is 5.75 Å². The normalized spacial score (nSPS) is 19.6. The van der Waals surface area contributed by atoms with Crippen LogP contribution >= 0.6 is 11.6 Å². The topological polar surface area (TPSA) is 52.6 Å². The Morgan fingerprint density at radius 2 is 2.37 bits per heavy atom. The van der Waals surface area contributed by atoms with Crippen LogP contribution in [0.2, 0.25) is 5.02 Å². The number of phenols is 1. The van der Waals surface area contributed by atoms with Gasteiger partial charge in [-0.15, -0.1) is 0 Å². The highest BCUT2D eigenvalue weighted by molar-refractivity contribution is 6.33. The fourth-order valence-corrected chi connectivity index (χ4v) is 2.74. The summed E-state index contributed by atoms with van der Waals surface area (Å²) in [5.74, 6) is -0.186. The molecule has 1 amide bonds. The average Bonchev–Trinajstić information content (AvgIpc) is 2.86. The van der Waals surface area contributed by atoms with Crippen LogP contribution in [-0.2, 0) is 0 Å². The zero-order chi connectivity index (χ0) is 13.8. The molecule has 1 aromatic carbocycles. The number of hydrogen-bond acceptors (Lipinski definition) is 3. The van der Waals surface area contributed by atoms with Crippen molar-refractivity contribution in [2.45, 2.75) is 25.8 Å². The molecule has 1 fully saturated rings. The molecule has 19 heavy (non-hydrogen) atoms. The Bertz CT molecular complexity index is 465. The van der Waals surface area contributed by atoms with E-state index in [1.165, 1.54) is 24.6 Å². The first-order valence-corrected chi connectivity index (χ1v) is 7.00. The van der Waals surface area contributed by atoms with Gasteiger partial charge >= 0.3 is 0 Å². The molecule has 0 bridgehead atoms. The summed E-state index contributed by atoms with van der Waals surface area (Å²) in [5.41, 5.74) is 0.322. The van der Waals surface area contributed by atoms with Crippen LogP contribution in [0.3, 0.4) is 0 Å². The van der Waals surface area contributed by atoms with Gasteiger partial charge in [0.05, 0.1) is 10.6 Å². The second-order valence-corrected chi connectivity index (χ2v) is 5.21. The maximum Gasteiger partial charge on any atom is 0.252 e. The van der Waals surface area contributed by atoms with Crippen molar-refractivity contribution in [1.82, 2.24) is 10.2 Å². The molecule has 4 nitrogen and oxygen atoms in total. The number of nitrogens with zero attached hydrogens (tertiary/aromatic N) is 1. The van der Waals surface area contributed by atoms with E-state index < -0.39 is 0 Å². The molecule has 0 spiro atoms. The van der Waals surface area contributed by atoms with E-state index in [0.29, 0.717) is 23.2 Å². The standard InChI is InChI=1S/C14H19ClN2O2/c1-2-17-7-3-4-10(17)9-16-14(19)12-8-11(18)5-6-13(12)15/h5-6,8,10,18H,2-4,7,9H2,1H3,(H,16,19). The minimum atomic E-state index is -0.233. The van der Waals surface area contributed by atoms with Gasteiger partial charge in [-0.3, -0.25) is 9.69 Å². The minimum Gasteiger partial charge on any atom is -0.508 e. The van der Waals surface area contributed by atoms with Gasteiger partial charge in [-0.1, -0.05) is 18.5 Å². The summed E-state index contributed by atoms with van der Waals surface area (Å²) in [7, 11) is 0. The van der Waals surface area contributed by atoms with Gasteiger partial charge < -0.3 is 10.4 Å². The molecule has 2 rings (SSSR count). The fourth-order valence-electron chi connectivity index (χ4n) is 2.54. The smallest absolute Gasteiger partial charge is 0.252 e. The van der Waals surface area contributed by atoms with E-state index >= 15 is 0 Å². The Labute approximate surface area is 118 Å². The fraction of sp³-hybridized carbons (Fsp3) is 0.500. The van der Waals surface area contributed by atoms with Crippen molar-refractivity contribution in [3.63, 3.8) is 0 Å². The molecule has 104 valence electrons. The Kier molecular flexibility index (Phi) is 4.66. The molecule has 1 saturated heterocycles. The van der Waals surface area contributed by atoms with Gasteiger partial charge in [0.25, 0.3) is 5.91 Å². The molecule has 0 saturated carbocycles. The average molecular weight is 283 g/mol. The summed E-state index contributed by atoms with van der Waals surface area (Å²) in [6.07, 6.45) is 2.29. The summed E-state index contributed by atoms with van der Waals surface area (Å²) < 4.78 is 0. The number of nitrogens with one attached hydrogen (secondary N) is 1. The van der Waals surface area contributed by atoms with Crippen molar-refractivity contribution in [1.29, 1.82) is 0 Å². The van der Waals surface area contributed by atoms with E-state index in [1.807, 2.05) is 0 Å². The van der Waals surface area contributed by atoms with E-state index in [0.717, 1.165) is 19.5 Å². The second-order valence-electron chi connectivity index (χ2n) is 4.80. The van der Waals surface area contributed by atoms with Crippen LogP contribution in [0.15, 0.2) is 18.2 Å². The van der Waals surface area contributed by atoms with E-state index in [4.69, 9.17) is 11.6 Å². The van der Waals surface area contributed by atoms with Gasteiger partial charge in [0, 0.05) is 12.6 Å². The number of benzene rings is 1. The van der Waals surface area contributed by atoms with Crippen molar-refractivity contribution in [3.05, 3.63) is 28.8 Å².